The van der Waals surface area contributed by atoms with Crippen LogP contribution in [0.2, 0.25) is 0 Å². The Hall–Kier alpha value is -1.84. The summed E-state index contributed by atoms with van der Waals surface area (Å²) in [7, 11) is 0. The number of carbonyl (C=O) groups is 2. The zero-order chi connectivity index (χ0) is 18.5. The van der Waals surface area contributed by atoms with Crippen molar-refractivity contribution in [2.75, 3.05) is 0 Å². The van der Waals surface area contributed by atoms with E-state index in [2.05, 4.69) is 19.1 Å². The van der Waals surface area contributed by atoms with Gasteiger partial charge in [0.05, 0.1) is 0 Å². The van der Waals surface area contributed by atoms with Crippen molar-refractivity contribution in [3.8, 4) is 5.75 Å². The Morgan fingerprint density at radius 3 is 2.62 bits per heavy atom. The molecule has 26 heavy (non-hydrogen) atoms. The molecule has 0 bridgehead atoms. The molecule has 5 atom stereocenters. The molecule has 1 aromatic carbocycles. The molecule has 0 heterocycles. The van der Waals surface area contributed by atoms with Gasteiger partial charge in [-0.1, -0.05) is 13.0 Å². The van der Waals surface area contributed by atoms with Crippen molar-refractivity contribution < 1.29 is 19.1 Å². The van der Waals surface area contributed by atoms with Crippen LogP contribution in [0.5, 0.6) is 5.75 Å². The van der Waals surface area contributed by atoms with Crippen molar-refractivity contribution in [1.29, 1.82) is 0 Å². The first-order chi connectivity index (χ1) is 12.4. The van der Waals surface area contributed by atoms with Gasteiger partial charge in [0.2, 0.25) is 0 Å². The fraction of sp³-hybridized carbons (Fsp3) is 0.636. The maximum Gasteiger partial charge on any atom is 0.308 e. The third-order valence-corrected chi connectivity index (χ3v) is 7.18. The monoisotopic (exact) mass is 356 g/mol. The number of hydrogen-bond donors (Lipinski definition) is 0. The third-order valence-electron chi connectivity index (χ3n) is 7.18. The molecule has 0 amide bonds. The number of fused-ring (bicyclic) bond motifs is 5. The van der Waals surface area contributed by atoms with Gasteiger partial charge in [0.15, 0.2) is 0 Å². The molecule has 1 aromatic rings. The Balaban J connectivity index is 1.58. The smallest absolute Gasteiger partial charge is 0.308 e. The van der Waals surface area contributed by atoms with E-state index in [1.165, 1.54) is 31.4 Å². The van der Waals surface area contributed by atoms with E-state index in [4.69, 9.17) is 9.47 Å². The largest absolute Gasteiger partial charge is 0.462 e. The molecule has 4 heteroatoms. The summed E-state index contributed by atoms with van der Waals surface area (Å²) in [5, 5.41) is 0. The lowest BCUT2D eigenvalue weighted by molar-refractivity contribution is -0.154. The summed E-state index contributed by atoms with van der Waals surface area (Å²) in [6, 6.07) is 6.16. The van der Waals surface area contributed by atoms with Gasteiger partial charge in [-0.15, -0.1) is 0 Å². The minimum Gasteiger partial charge on any atom is -0.462 e. The van der Waals surface area contributed by atoms with Crippen molar-refractivity contribution in [2.24, 2.45) is 17.3 Å². The molecular weight excluding hydrogens is 328 g/mol. The van der Waals surface area contributed by atoms with Gasteiger partial charge < -0.3 is 9.47 Å². The van der Waals surface area contributed by atoms with Crippen LogP contribution in [0.1, 0.15) is 69.9 Å². The Morgan fingerprint density at radius 2 is 1.88 bits per heavy atom. The average Bonchev–Trinajstić information content (AvgIpc) is 2.90. The highest BCUT2D eigenvalue weighted by Gasteiger charge is 2.56. The molecule has 2 fully saturated rings. The van der Waals surface area contributed by atoms with Crippen LogP contribution in [0.3, 0.4) is 0 Å². The molecule has 0 spiro atoms. The van der Waals surface area contributed by atoms with Gasteiger partial charge in [0.1, 0.15) is 11.9 Å². The molecule has 0 saturated heterocycles. The minimum absolute atomic E-state index is 0.0821. The molecule has 4 rings (SSSR count). The summed E-state index contributed by atoms with van der Waals surface area (Å²) >= 11 is 0. The molecule has 0 radical (unpaired) electrons. The molecule has 0 unspecified atom stereocenters. The normalized spacial score (nSPS) is 35.0. The predicted molar refractivity (Wildman–Crippen MR) is 97.9 cm³/mol. The van der Waals surface area contributed by atoms with Crippen molar-refractivity contribution in [1.82, 2.24) is 0 Å². The molecular formula is C22H28O4. The van der Waals surface area contributed by atoms with Crippen LogP contribution >= 0.6 is 0 Å². The van der Waals surface area contributed by atoms with E-state index in [0.717, 1.165) is 32.1 Å². The van der Waals surface area contributed by atoms with Crippen LogP contribution in [0.15, 0.2) is 18.2 Å². The average molecular weight is 356 g/mol. The number of hydrogen-bond acceptors (Lipinski definition) is 4. The zero-order valence-electron chi connectivity index (χ0n) is 15.9. The standard InChI is InChI=1S/C22H28O4/c1-13(23)25-16-5-7-17-15(12-16)4-6-19-18(17)10-11-22(3)20(19)8-9-21(22)26-14(2)24/h5,7,12,18-21H,4,6,8-11H2,1-3H3/t18-,19-,20+,21+,22+/m0/s1. The minimum atomic E-state index is -0.269. The highest BCUT2D eigenvalue weighted by Crippen LogP contribution is 2.61. The fourth-order valence-corrected chi connectivity index (χ4v) is 6.13. The summed E-state index contributed by atoms with van der Waals surface area (Å²) in [6.07, 6.45) is 6.72. The van der Waals surface area contributed by atoms with Gasteiger partial charge in [-0.3, -0.25) is 9.59 Å². The van der Waals surface area contributed by atoms with Gasteiger partial charge in [-0.05, 0) is 79.5 Å². The zero-order valence-corrected chi connectivity index (χ0v) is 15.9. The van der Waals surface area contributed by atoms with E-state index in [9.17, 15) is 9.59 Å². The maximum atomic E-state index is 11.5. The van der Waals surface area contributed by atoms with Crippen molar-refractivity contribution in [3.63, 3.8) is 0 Å². The first-order valence-electron chi connectivity index (χ1n) is 9.87. The van der Waals surface area contributed by atoms with E-state index in [1.807, 2.05) is 6.07 Å². The van der Waals surface area contributed by atoms with Crippen LogP contribution in [-0.2, 0) is 20.7 Å². The van der Waals surface area contributed by atoms with E-state index < -0.39 is 0 Å². The number of carbonyl (C=O) groups excluding carboxylic acids is 2. The fourth-order valence-electron chi connectivity index (χ4n) is 6.13. The molecule has 4 nitrogen and oxygen atoms in total. The van der Waals surface area contributed by atoms with Crippen molar-refractivity contribution in [3.05, 3.63) is 29.3 Å². The van der Waals surface area contributed by atoms with Gasteiger partial charge in [0, 0.05) is 19.3 Å². The second-order valence-corrected chi connectivity index (χ2v) is 8.59. The highest BCUT2D eigenvalue weighted by molar-refractivity contribution is 5.69. The predicted octanol–water partition coefficient (Wildman–Crippen LogP) is 4.40. The molecule has 2 saturated carbocycles. The summed E-state index contributed by atoms with van der Waals surface area (Å²) < 4.78 is 11.0. The molecule has 3 aliphatic carbocycles. The van der Waals surface area contributed by atoms with Crippen LogP contribution in [-0.4, -0.2) is 18.0 Å². The quantitative estimate of drug-likeness (QED) is 0.582. The first-order valence-corrected chi connectivity index (χ1v) is 9.87. The Labute approximate surface area is 155 Å². The SMILES string of the molecule is CC(=O)Oc1ccc2c(c1)CC[C@@H]1[C@H]3CC[C@@H](OC(C)=O)[C@]3(C)CC[C@@H]21. The Morgan fingerprint density at radius 1 is 1.08 bits per heavy atom. The van der Waals surface area contributed by atoms with E-state index >= 15 is 0 Å². The molecule has 0 N–H and O–H groups in total. The van der Waals surface area contributed by atoms with Crippen LogP contribution in [0.4, 0.5) is 0 Å². The summed E-state index contributed by atoms with van der Waals surface area (Å²) in [5.74, 6) is 2.12. The van der Waals surface area contributed by atoms with Crippen LogP contribution < -0.4 is 4.74 Å². The van der Waals surface area contributed by atoms with E-state index in [1.54, 1.807) is 0 Å². The van der Waals surface area contributed by atoms with E-state index in [-0.39, 0.29) is 23.5 Å². The summed E-state index contributed by atoms with van der Waals surface area (Å²) in [6.45, 7) is 5.31. The van der Waals surface area contributed by atoms with Crippen LogP contribution in [0, 0.1) is 17.3 Å². The summed E-state index contributed by atoms with van der Waals surface area (Å²) in [4.78, 5) is 22.7. The Bertz CT molecular complexity index is 740. The second kappa shape index (κ2) is 6.40. The lowest BCUT2D eigenvalue weighted by Crippen LogP contribution is -2.45. The van der Waals surface area contributed by atoms with E-state index in [0.29, 0.717) is 23.5 Å². The number of benzene rings is 1. The molecule has 0 aromatic heterocycles. The second-order valence-electron chi connectivity index (χ2n) is 8.59. The number of rotatable bonds is 2. The maximum absolute atomic E-state index is 11.5. The highest BCUT2D eigenvalue weighted by atomic mass is 16.5. The number of ether oxygens (including phenoxy) is 2. The van der Waals surface area contributed by atoms with Gasteiger partial charge in [-0.25, -0.2) is 0 Å². The van der Waals surface area contributed by atoms with Gasteiger partial charge >= 0.3 is 11.9 Å². The molecule has 3 aliphatic rings. The first kappa shape index (κ1) is 17.6. The van der Waals surface area contributed by atoms with Gasteiger partial charge in [0.25, 0.3) is 0 Å². The lowest BCUT2D eigenvalue weighted by atomic mass is 9.55. The summed E-state index contributed by atoms with van der Waals surface area (Å²) in [5.41, 5.74) is 2.90. The van der Waals surface area contributed by atoms with Crippen molar-refractivity contribution in [2.45, 2.75) is 71.3 Å². The third kappa shape index (κ3) is 2.83. The van der Waals surface area contributed by atoms with Gasteiger partial charge in [-0.2, -0.15) is 0 Å². The molecule has 0 aliphatic heterocycles. The molecule has 140 valence electrons. The Kier molecular flexibility index (Phi) is 4.32. The van der Waals surface area contributed by atoms with Crippen LogP contribution in [0.25, 0.3) is 0 Å². The number of esters is 2. The van der Waals surface area contributed by atoms with Crippen molar-refractivity contribution >= 4 is 11.9 Å². The lowest BCUT2D eigenvalue weighted by Gasteiger charge is -2.50. The number of aryl methyl sites for hydroxylation is 1. The topological polar surface area (TPSA) is 52.6 Å².